The second-order valence-electron chi connectivity index (χ2n) is 4.87. The predicted molar refractivity (Wildman–Crippen MR) is 82.0 cm³/mol. The lowest BCUT2D eigenvalue weighted by Crippen LogP contribution is -2.47. The summed E-state index contributed by atoms with van der Waals surface area (Å²) in [6, 6.07) is 9.66. The summed E-state index contributed by atoms with van der Waals surface area (Å²) in [5.74, 6) is 1.69. The van der Waals surface area contributed by atoms with Crippen molar-refractivity contribution in [3.05, 3.63) is 42.2 Å². The molecule has 0 bridgehead atoms. The molecule has 1 fully saturated rings. The SMILES string of the molecule is N#Cc1ccnc(N2CCN(c3ccccn3)CC2)c1N. The minimum atomic E-state index is 0.464. The quantitative estimate of drug-likeness (QED) is 0.891. The van der Waals surface area contributed by atoms with Gasteiger partial charge in [0.15, 0.2) is 5.82 Å². The van der Waals surface area contributed by atoms with Gasteiger partial charge in [0.05, 0.1) is 11.3 Å². The van der Waals surface area contributed by atoms with E-state index in [-0.39, 0.29) is 0 Å². The summed E-state index contributed by atoms with van der Waals surface area (Å²) in [4.78, 5) is 13.1. The highest BCUT2D eigenvalue weighted by Crippen LogP contribution is 2.25. The maximum Gasteiger partial charge on any atom is 0.153 e. The molecule has 0 unspecified atom stereocenters. The number of aromatic nitrogens is 2. The monoisotopic (exact) mass is 280 g/mol. The molecule has 1 saturated heterocycles. The van der Waals surface area contributed by atoms with Crippen molar-refractivity contribution in [1.82, 2.24) is 9.97 Å². The molecular weight excluding hydrogens is 264 g/mol. The molecule has 0 radical (unpaired) electrons. The highest BCUT2D eigenvalue weighted by atomic mass is 15.3. The Morgan fingerprint density at radius 2 is 1.76 bits per heavy atom. The standard InChI is InChI=1S/C15H16N6/c16-11-12-4-6-19-15(14(12)17)21-9-7-20(8-10-21)13-3-1-2-5-18-13/h1-6H,7-10,17H2. The number of nitrogen functional groups attached to an aromatic ring is 1. The summed E-state index contributed by atoms with van der Waals surface area (Å²) in [6.45, 7) is 3.33. The van der Waals surface area contributed by atoms with Crippen molar-refractivity contribution >= 4 is 17.3 Å². The molecule has 3 rings (SSSR count). The number of nitriles is 1. The van der Waals surface area contributed by atoms with E-state index < -0.39 is 0 Å². The maximum atomic E-state index is 9.04. The van der Waals surface area contributed by atoms with Crippen molar-refractivity contribution in [2.24, 2.45) is 0 Å². The third-order valence-corrected chi connectivity index (χ3v) is 3.64. The fraction of sp³-hybridized carbons (Fsp3) is 0.267. The van der Waals surface area contributed by atoms with E-state index in [4.69, 9.17) is 11.0 Å². The second-order valence-corrected chi connectivity index (χ2v) is 4.87. The Morgan fingerprint density at radius 3 is 2.43 bits per heavy atom. The minimum Gasteiger partial charge on any atom is -0.395 e. The number of nitrogens with zero attached hydrogens (tertiary/aromatic N) is 5. The van der Waals surface area contributed by atoms with E-state index in [0.29, 0.717) is 17.1 Å². The van der Waals surface area contributed by atoms with Crippen LogP contribution in [0.25, 0.3) is 0 Å². The maximum absolute atomic E-state index is 9.04. The smallest absolute Gasteiger partial charge is 0.153 e. The van der Waals surface area contributed by atoms with Gasteiger partial charge in [-0.05, 0) is 18.2 Å². The van der Waals surface area contributed by atoms with Crippen LogP contribution < -0.4 is 15.5 Å². The van der Waals surface area contributed by atoms with Gasteiger partial charge in [0.2, 0.25) is 0 Å². The molecule has 0 amide bonds. The minimum absolute atomic E-state index is 0.464. The van der Waals surface area contributed by atoms with E-state index in [1.807, 2.05) is 18.2 Å². The molecule has 6 nitrogen and oxygen atoms in total. The van der Waals surface area contributed by atoms with Crippen LogP contribution in [0.3, 0.4) is 0 Å². The zero-order valence-corrected chi connectivity index (χ0v) is 11.6. The van der Waals surface area contributed by atoms with E-state index in [1.54, 1.807) is 18.5 Å². The summed E-state index contributed by atoms with van der Waals surface area (Å²) in [6.07, 6.45) is 3.44. The predicted octanol–water partition coefficient (Wildman–Crippen LogP) is 1.26. The third-order valence-electron chi connectivity index (χ3n) is 3.64. The van der Waals surface area contributed by atoms with Gasteiger partial charge in [0.25, 0.3) is 0 Å². The number of nitrogens with two attached hydrogens (primary N) is 1. The molecule has 0 spiro atoms. The van der Waals surface area contributed by atoms with Gasteiger partial charge in [-0.3, -0.25) is 0 Å². The molecule has 6 heteroatoms. The van der Waals surface area contributed by atoms with Crippen molar-refractivity contribution < 1.29 is 0 Å². The number of hydrogen-bond donors (Lipinski definition) is 1. The number of pyridine rings is 2. The van der Waals surface area contributed by atoms with Gasteiger partial charge in [-0.2, -0.15) is 5.26 Å². The lowest BCUT2D eigenvalue weighted by atomic mass is 10.2. The number of hydrogen-bond acceptors (Lipinski definition) is 6. The molecule has 0 atom stereocenters. The molecule has 1 aliphatic heterocycles. The van der Waals surface area contributed by atoms with Crippen LogP contribution in [0.15, 0.2) is 36.7 Å². The average molecular weight is 280 g/mol. The number of piperazine rings is 1. The summed E-state index contributed by atoms with van der Waals surface area (Å²) in [5.41, 5.74) is 6.96. The fourth-order valence-electron chi connectivity index (χ4n) is 2.50. The van der Waals surface area contributed by atoms with Crippen molar-refractivity contribution in [2.45, 2.75) is 0 Å². The van der Waals surface area contributed by atoms with E-state index in [0.717, 1.165) is 32.0 Å². The van der Waals surface area contributed by atoms with Gasteiger partial charge in [-0.15, -0.1) is 0 Å². The third kappa shape index (κ3) is 2.58. The van der Waals surface area contributed by atoms with Crippen LogP contribution >= 0.6 is 0 Å². The average Bonchev–Trinajstić information content (AvgIpc) is 2.56. The zero-order chi connectivity index (χ0) is 14.7. The Kier molecular flexibility index (Phi) is 3.56. The molecule has 3 heterocycles. The zero-order valence-electron chi connectivity index (χ0n) is 11.6. The number of anilines is 3. The Labute approximate surface area is 123 Å². The van der Waals surface area contributed by atoms with Crippen LogP contribution in [0.1, 0.15) is 5.56 Å². The molecule has 2 aromatic heterocycles. The lowest BCUT2D eigenvalue weighted by molar-refractivity contribution is 0.642. The van der Waals surface area contributed by atoms with E-state index in [2.05, 4.69) is 25.8 Å². The molecular formula is C15H16N6. The largest absolute Gasteiger partial charge is 0.395 e. The van der Waals surface area contributed by atoms with E-state index in [9.17, 15) is 0 Å². The summed E-state index contributed by atoms with van der Waals surface area (Å²) < 4.78 is 0. The Morgan fingerprint density at radius 1 is 1.00 bits per heavy atom. The first-order valence-corrected chi connectivity index (χ1v) is 6.85. The highest BCUT2D eigenvalue weighted by Gasteiger charge is 2.21. The summed E-state index contributed by atoms with van der Waals surface area (Å²) in [7, 11) is 0. The molecule has 0 saturated carbocycles. The van der Waals surface area contributed by atoms with Gasteiger partial charge in [0, 0.05) is 38.6 Å². The van der Waals surface area contributed by atoms with Crippen molar-refractivity contribution in [3.63, 3.8) is 0 Å². The molecule has 21 heavy (non-hydrogen) atoms. The van der Waals surface area contributed by atoms with Gasteiger partial charge < -0.3 is 15.5 Å². The van der Waals surface area contributed by atoms with Crippen molar-refractivity contribution in [1.29, 1.82) is 5.26 Å². The van der Waals surface area contributed by atoms with Crippen LogP contribution in [0.4, 0.5) is 17.3 Å². The first-order chi connectivity index (χ1) is 10.3. The molecule has 0 aliphatic carbocycles. The lowest BCUT2D eigenvalue weighted by Gasteiger charge is -2.36. The Bertz CT molecular complexity index is 656. The second kappa shape index (κ2) is 5.67. The highest BCUT2D eigenvalue weighted by molar-refractivity contribution is 5.70. The molecule has 106 valence electrons. The van der Waals surface area contributed by atoms with Crippen LogP contribution in [-0.4, -0.2) is 36.1 Å². The molecule has 1 aliphatic rings. The van der Waals surface area contributed by atoms with Crippen LogP contribution in [-0.2, 0) is 0 Å². The first-order valence-electron chi connectivity index (χ1n) is 6.85. The van der Waals surface area contributed by atoms with E-state index >= 15 is 0 Å². The van der Waals surface area contributed by atoms with Gasteiger partial charge in [-0.1, -0.05) is 6.07 Å². The molecule has 2 aromatic rings. The van der Waals surface area contributed by atoms with Crippen molar-refractivity contribution in [3.8, 4) is 6.07 Å². The van der Waals surface area contributed by atoms with Crippen molar-refractivity contribution in [2.75, 3.05) is 41.7 Å². The number of rotatable bonds is 2. The summed E-state index contributed by atoms with van der Waals surface area (Å²) in [5, 5.41) is 9.04. The van der Waals surface area contributed by atoms with Crippen LogP contribution in [0.2, 0.25) is 0 Å². The van der Waals surface area contributed by atoms with Crippen LogP contribution in [0, 0.1) is 11.3 Å². The van der Waals surface area contributed by atoms with Gasteiger partial charge in [0.1, 0.15) is 11.9 Å². The fourth-order valence-corrected chi connectivity index (χ4v) is 2.50. The Balaban J connectivity index is 1.73. The molecule has 0 aromatic carbocycles. The Hall–Kier alpha value is -2.81. The normalized spacial score (nSPS) is 14.8. The van der Waals surface area contributed by atoms with E-state index in [1.165, 1.54) is 0 Å². The topological polar surface area (TPSA) is 82.1 Å². The first kappa shape index (κ1) is 13.2. The van der Waals surface area contributed by atoms with Gasteiger partial charge in [-0.25, -0.2) is 9.97 Å². The molecule has 2 N–H and O–H groups in total. The summed E-state index contributed by atoms with van der Waals surface area (Å²) >= 11 is 0. The van der Waals surface area contributed by atoms with Gasteiger partial charge >= 0.3 is 0 Å². The van der Waals surface area contributed by atoms with Crippen LogP contribution in [0.5, 0.6) is 0 Å².